The minimum absolute atomic E-state index is 0.0737. The number of rotatable bonds is 2. The van der Waals surface area contributed by atoms with Gasteiger partial charge in [0.1, 0.15) is 11.5 Å². The zero-order valence-corrected chi connectivity index (χ0v) is 15.8. The van der Waals surface area contributed by atoms with Crippen LogP contribution >= 0.6 is 11.6 Å². The van der Waals surface area contributed by atoms with Gasteiger partial charge in [-0.2, -0.15) is 13.2 Å². The van der Waals surface area contributed by atoms with E-state index in [-0.39, 0.29) is 27.0 Å². The molecule has 0 fully saturated rings. The molecule has 1 aromatic heterocycles. The highest BCUT2D eigenvalue weighted by atomic mass is 35.5. The number of aryl methyl sites for hydroxylation is 1. The van der Waals surface area contributed by atoms with Gasteiger partial charge >= 0.3 is 11.8 Å². The van der Waals surface area contributed by atoms with Crippen LogP contribution in [0.1, 0.15) is 28.6 Å². The van der Waals surface area contributed by atoms with Crippen LogP contribution < -0.4 is 5.63 Å². The molecule has 0 aliphatic carbocycles. The van der Waals surface area contributed by atoms with Crippen LogP contribution in [0.15, 0.2) is 43.4 Å². The largest absolute Gasteiger partial charge is 0.503 e. The summed E-state index contributed by atoms with van der Waals surface area (Å²) >= 11 is 6.22. The van der Waals surface area contributed by atoms with E-state index in [4.69, 9.17) is 16.0 Å². The molecule has 0 amide bonds. The highest BCUT2D eigenvalue weighted by molar-refractivity contribution is 7.97. The van der Waals surface area contributed by atoms with Crippen molar-refractivity contribution < 1.29 is 22.7 Å². The molecule has 0 radical (unpaired) electrons. The van der Waals surface area contributed by atoms with Gasteiger partial charge in [-0.15, -0.1) is 0 Å². The van der Waals surface area contributed by atoms with Gasteiger partial charge in [-0.25, -0.2) is 4.79 Å². The average Bonchev–Trinajstić information content (AvgIpc) is 2.79. The van der Waals surface area contributed by atoms with Gasteiger partial charge in [0.15, 0.2) is 11.0 Å². The first-order valence-corrected chi connectivity index (χ1v) is 9.90. The molecule has 144 valence electrons. The Morgan fingerprint density at radius 3 is 2.74 bits per heavy atom. The predicted molar refractivity (Wildman–Crippen MR) is 99.0 cm³/mol. The second-order valence-corrected chi connectivity index (χ2v) is 8.69. The molecule has 1 aliphatic rings. The van der Waals surface area contributed by atoms with E-state index in [2.05, 4.69) is 4.99 Å². The lowest BCUT2D eigenvalue weighted by Gasteiger charge is -2.19. The van der Waals surface area contributed by atoms with Crippen molar-refractivity contribution in [3.63, 3.8) is 0 Å². The highest BCUT2D eigenvalue weighted by Gasteiger charge is 2.42. The summed E-state index contributed by atoms with van der Waals surface area (Å²) in [5.41, 5.74) is -1.22. The molecule has 9 heteroatoms. The molecule has 2 atom stereocenters. The third-order valence-electron chi connectivity index (χ3n) is 4.18. The fourth-order valence-corrected chi connectivity index (χ4v) is 5.78. The van der Waals surface area contributed by atoms with Crippen LogP contribution in [0.3, 0.4) is 0 Å². The standard InChI is InChI=1S/C18H15ClF3NO3S/c1-10-8-14(24)16(17(25)26-10)27-7-6-23-5-4-15(27)12-9-11(18(20,21)22)2-3-13(12)19/h2-3,5,8-9,15H,4,6-7H2,1H3/p+1. The number of hydrogen-bond acceptors (Lipinski definition) is 4. The van der Waals surface area contributed by atoms with Gasteiger partial charge in [0.05, 0.1) is 12.1 Å². The Labute approximate surface area is 161 Å². The van der Waals surface area contributed by atoms with E-state index in [1.807, 2.05) is 0 Å². The molecule has 0 spiro atoms. The van der Waals surface area contributed by atoms with E-state index in [1.54, 1.807) is 6.21 Å². The Kier molecular flexibility index (Phi) is 5.58. The molecule has 3 rings (SSSR count). The summed E-state index contributed by atoms with van der Waals surface area (Å²) < 4.78 is 44.6. The molecular weight excluding hydrogens is 403 g/mol. The average molecular weight is 419 g/mol. The van der Waals surface area contributed by atoms with Crippen LogP contribution in [0.5, 0.6) is 5.75 Å². The maximum Gasteiger partial charge on any atom is 0.416 e. The lowest BCUT2D eigenvalue weighted by atomic mass is 10.1. The molecule has 4 nitrogen and oxygen atoms in total. The minimum Gasteiger partial charge on any atom is -0.503 e. The van der Waals surface area contributed by atoms with Gasteiger partial charge in [-0.05, 0) is 25.1 Å². The maximum atomic E-state index is 13.2. The monoisotopic (exact) mass is 418 g/mol. The molecule has 27 heavy (non-hydrogen) atoms. The van der Waals surface area contributed by atoms with Gasteiger partial charge in [0.25, 0.3) is 4.90 Å². The number of aromatic hydroxyl groups is 1. The Hall–Kier alpha value is -1.93. The van der Waals surface area contributed by atoms with Crippen LogP contribution in [0.4, 0.5) is 13.2 Å². The molecule has 2 aromatic rings. The molecule has 1 N–H and O–H groups in total. The van der Waals surface area contributed by atoms with Crippen molar-refractivity contribution in [2.24, 2.45) is 4.99 Å². The zero-order chi connectivity index (χ0) is 19.8. The number of hydrogen-bond donors (Lipinski definition) is 1. The van der Waals surface area contributed by atoms with Gasteiger partial charge in [-0.3, -0.25) is 4.99 Å². The third-order valence-corrected chi connectivity index (χ3v) is 7.18. The Balaban J connectivity index is 2.15. The quantitative estimate of drug-likeness (QED) is 0.729. The lowest BCUT2D eigenvalue weighted by Crippen LogP contribution is -2.25. The van der Waals surface area contributed by atoms with Crippen molar-refractivity contribution in [1.29, 1.82) is 0 Å². The molecule has 0 saturated heterocycles. The van der Waals surface area contributed by atoms with Crippen molar-refractivity contribution in [1.82, 2.24) is 0 Å². The maximum absolute atomic E-state index is 13.2. The fourth-order valence-electron chi connectivity index (χ4n) is 2.99. The predicted octanol–water partition coefficient (Wildman–Crippen LogP) is 4.52. The van der Waals surface area contributed by atoms with E-state index in [1.165, 1.54) is 19.1 Å². The van der Waals surface area contributed by atoms with E-state index in [9.17, 15) is 23.1 Å². The number of aliphatic imine (C=N–C) groups is 1. The Morgan fingerprint density at radius 1 is 1.33 bits per heavy atom. The SMILES string of the molecule is Cc1cc(O)c([S+]2CCN=CCC2c2cc(C(F)(F)F)ccc2Cl)c(=O)o1. The Bertz CT molecular complexity index is 942. The zero-order valence-electron chi connectivity index (χ0n) is 14.2. The molecule has 2 unspecified atom stereocenters. The normalized spacial score (nSPS) is 20.5. The van der Waals surface area contributed by atoms with Gasteiger partial charge in [-0.1, -0.05) is 11.6 Å². The van der Waals surface area contributed by atoms with Crippen molar-refractivity contribution in [3.8, 4) is 5.75 Å². The van der Waals surface area contributed by atoms with Crippen molar-refractivity contribution in [2.75, 3.05) is 12.3 Å². The van der Waals surface area contributed by atoms with Gasteiger partial charge in [0.2, 0.25) is 0 Å². The summed E-state index contributed by atoms with van der Waals surface area (Å²) in [5.74, 6) is 0.432. The number of halogens is 4. The van der Waals surface area contributed by atoms with Gasteiger partial charge < -0.3 is 9.52 Å². The van der Waals surface area contributed by atoms with Crippen molar-refractivity contribution >= 4 is 28.7 Å². The van der Waals surface area contributed by atoms with Crippen LogP contribution in [0, 0.1) is 6.92 Å². The molecule has 0 bridgehead atoms. The lowest BCUT2D eigenvalue weighted by molar-refractivity contribution is -0.137. The van der Waals surface area contributed by atoms with E-state index >= 15 is 0 Å². The summed E-state index contributed by atoms with van der Waals surface area (Å²) in [6.07, 6.45) is -2.58. The summed E-state index contributed by atoms with van der Waals surface area (Å²) in [7, 11) is -0.924. The first kappa shape index (κ1) is 19.8. The summed E-state index contributed by atoms with van der Waals surface area (Å²) in [6, 6.07) is 4.48. The number of nitrogens with zero attached hydrogens (tertiary/aromatic N) is 1. The molecule has 0 saturated carbocycles. The fraction of sp³-hybridized carbons (Fsp3) is 0.333. The second-order valence-electron chi connectivity index (χ2n) is 6.04. The van der Waals surface area contributed by atoms with E-state index in [0.717, 1.165) is 12.1 Å². The number of benzene rings is 1. The molecular formula is C18H16ClF3NO3S+. The summed E-state index contributed by atoms with van der Waals surface area (Å²) in [4.78, 5) is 16.7. The minimum atomic E-state index is -4.51. The number of alkyl halides is 3. The summed E-state index contributed by atoms with van der Waals surface area (Å²) in [6.45, 7) is 1.92. The molecule has 2 heterocycles. The van der Waals surface area contributed by atoms with Crippen LogP contribution in [-0.4, -0.2) is 23.6 Å². The smallest absolute Gasteiger partial charge is 0.416 e. The third kappa shape index (κ3) is 4.16. The van der Waals surface area contributed by atoms with E-state index in [0.29, 0.717) is 18.7 Å². The molecule has 1 aliphatic heterocycles. The van der Waals surface area contributed by atoms with Crippen molar-refractivity contribution in [2.45, 2.75) is 29.7 Å². The molecule has 1 aromatic carbocycles. The summed E-state index contributed by atoms with van der Waals surface area (Å²) in [5, 5.41) is 9.98. The van der Waals surface area contributed by atoms with Crippen LogP contribution in [0.2, 0.25) is 5.02 Å². The Morgan fingerprint density at radius 2 is 2.07 bits per heavy atom. The van der Waals surface area contributed by atoms with E-state index < -0.39 is 33.5 Å². The van der Waals surface area contributed by atoms with Crippen LogP contribution in [0.25, 0.3) is 0 Å². The van der Waals surface area contributed by atoms with Crippen LogP contribution in [-0.2, 0) is 17.1 Å². The second kappa shape index (κ2) is 7.59. The first-order valence-electron chi connectivity index (χ1n) is 8.07. The topological polar surface area (TPSA) is 62.8 Å². The highest BCUT2D eigenvalue weighted by Crippen LogP contribution is 2.41. The van der Waals surface area contributed by atoms with Crippen molar-refractivity contribution in [3.05, 3.63) is 56.6 Å². The van der Waals surface area contributed by atoms with Gasteiger partial charge in [0, 0.05) is 40.2 Å². The first-order chi connectivity index (χ1) is 12.7.